The first-order chi connectivity index (χ1) is 44.8. The second kappa shape index (κ2) is 64.7. The van der Waals surface area contributed by atoms with Crippen LogP contribution in [0.15, 0.2) is 0 Å². The predicted molar refractivity (Wildman–Crippen MR) is 377 cm³/mol. The number of phosphoric acid groups is 2. The van der Waals surface area contributed by atoms with E-state index in [1.165, 1.54) is 186 Å². The van der Waals surface area contributed by atoms with Crippen LogP contribution in [0.5, 0.6) is 0 Å². The fraction of sp³-hybridized carbons (Fsp3) is 0.946. The van der Waals surface area contributed by atoms with Gasteiger partial charge in [-0.1, -0.05) is 325 Å². The van der Waals surface area contributed by atoms with Crippen molar-refractivity contribution in [3.63, 3.8) is 0 Å². The normalized spacial score (nSPS) is 15.0. The lowest BCUT2D eigenvalue weighted by atomic mass is 9.99. The predicted octanol–water partition coefficient (Wildman–Crippen LogP) is 21.4. The summed E-state index contributed by atoms with van der Waals surface area (Å²) in [6, 6.07) is 0. The Labute approximate surface area is 568 Å². The Morgan fingerprint density at radius 2 is 0.516 bits per heavy atom. The Morgan fingerprint density at radius 1 is 0.301 bits per heavy atom. The van der Waals surface area contributed by atoms with Crippen LogP contribution in [0.2, 0.25) is 0 Å². The maximum absolute atomic E-state index is 13.1. The highest BCUT2D eigenvalue weighted by Crippen LogP contribution is 2.45. The van der Waals surface area contributed by atoms with Gasteiger partial charge < -0.3 is 33.8 Å². The van der Waals surface area contributed by atoms with E-state index in [4.69, 9.17) is 37.0 Å². The van der Waals surface area contributed by atoms with Crippen LogP contribution in [0, 0.1) is 17.8 Å². The average molecular weight is 1370 g/mol. The third kappa shape index (κ3) is 64.5. The van der Waals surface area contributed by atoms with E-state index >= 15 is 0 Å². The Hall–Kier alpha value is -1.94. The smallest absolute Gasteiger partial charge is 0.462 e. The number of carbonyl (C=O) groups is 4. The number of rotatable bonds is 72. The van der Waals surface area contributed by atoms with E-state index in [-0.39, 0.29) is 25.7 Å². The van der Waals surface area contributed by atoms with Crippen LogP contribution < -0.4 is 0 Å². The van der Waals surface area contributed by atoms with Crippen LogP contribution in [0.3, 0.4) is 0 Å². The van der Waals surface area contributed by atoms with Gasteiger partial charge in [0.1, 0.15) is 19.3 Å². The van der Waals surface area contributed by atoms with Gasteiger partial charge in [-0.2, -0.15) is 0 Å². The standard InChI is InChI=1S/C74H144O17P2/c1-8-12-13-14-15-16-17-27-34-41-48-55-71(76)84-61-69(90-73(78)57-50-43-36-29-22-19-25-32-39-46-53-66(6)10-3)63-88-92(80,81)86-59-68(75)60-87-93(82,83)89-64-70(91-74(79)58-51-44-37-30-23-20-26-33-40-47-54-67(7)11-4)62-85-72(77)56-49-42-35-28-21-18-24-31-38-45-52-65(5)9-2/h65-70,75H,8-64H2,1-7H3,(H,80,81)(H,82,83)/t65?,66?,67?,68-,69+,70+/m0/s1. The molecule has 93 heavy (non-hydrogen) atoms. The van der Waals surface area contributed by atoms with E-state index in [0.717, 1.165) is 108 Å². The minimum Gasteiger partial charge on any atom is -0.462 e. The molecule has 0 amide bonds. The van der Waals surface area contributed by atoms with Crippen LogP contribution in [0.25, 0.3) is 0 Å². The van der Waals surface area contributed by atoms with Crippen molar-refractivity contribution in [2.45, 2.75) is 394 Å². The van der Waals surface area contributed by atoms with Crippen molar-refractivity contribution in [1.82, 2.24) is 0 Å². The second-order valence-corrected chi connectivity index (χ2v) is 30.3. The van der Waals surface area contributed by atoms with E-state index in [1.54, 1.807) is 0 Å². The lowest BCUT2D eigenvalue weighted by Crippen LogP contribution is -2.30. The first kappa shape index (κ1) is 91.1. The van der Waals surface area contributed by atoms with Crippen molar-refractivity contribution < 1.29 is 80.2 Å². The molecule has 3 N–H and O–H groups in total. The molecule has 552 valence electrons. The van der Waals surface area contributed by atoms with Gasteiger partial charge in [-0.3, -0.25) is 37.3 Å². The maximum atomic E-state index is 13.1. The SMILES string of the molecule is CCCCCCCCCCCCCC(=O)OC[C@H](COP(=O)(O)OC[C@H](O)COP(=O)(O)OC[C@@H](COC(=O)CCCCCCCCCCCCC(C)CC)OC(=O)CCCCCCCCCCCCC(C)CC)OC(=O)CCCCCCCCCCCCC(C)CC. The summed E-state index contributed by atoms with van der Waals surface area (Å²) < 4.78 is 68.5. The summed E-state index contributed by atoms with van der Waals surface area (Å²) in [6.07, 6.45) is 49.6. The summed E-state index contributed by atoms with van der Waals surface area (Å²) >= 11 is 0. The summed E-state index contributed by atoms with van der Waals surface area (Å²) in [5.74, 6) is 0.296. The summed E-state index contributed by atoms with van der Waals surface area (Å²) in [5.41, 5.74) is 0. The third-order valence-electron chi connectivity index (χ3n) is 18.2. The molecule has 17 nitrogen and oxygen atoms in total. The van der Waals surface area contributed by atoms with Crippen LogP contribution >= 0.6 is 15.6 Å². The number of unbranched alkanes of at least 4 members (excludes halogenated alkanes) is 37. The van der Waals surface area contributed by atoms with E-state index in [1.807, 2.05) is 0 Å². The molecule has 19 heteroatoms. The molecule has 0 aromatic heterocycles. The van der Waals surface area contributed by atoms with E-state index < -0.39 is 97.5 Å². The van der Waals surface area contributed by atoms with Crippen molar-refractivity contribution in [3.8, 4) is 0 Å². The largest absolute Gasteiger partial charge is 0.472 e. The number of hydrogen-bond donors (Lipinski definition) is 3. The number of ether oxygens (including phenoxy) is 4. The fourth-order valence-electron chi connectivity index (χ4n) is 11.2. The number of aliphatic hydroxyl groups excluding tert-OH is 1. The molecule has 0 fully saturated rings. The van der Waals surface area contributed by atoms with Crippen LogP contribution in [-0.4, -0.2) is 96.7 Å². The Bertz CT molecular complexity index is 1820. The number of esters is 4. The zero-order valence-electron chi connectivity index (χ0n) is 60.7. The molecular weight excluding hydrogens is 1220 g/mol. The van der Waals surface area contributed by atoms with Crippen LogP contribution in [0.1, 0.15) is 376 Å². The lowest BCUT2D eigenvalue weighted by molar-refractivity contribution is -0.161. The Morgan fingerprint density at radius 3 is 0.763 bits per heavy atom. The summed E-state index contributed by atoms with van der Waals surface area (Å²) in [5, 5.41) is 10.6. The van der Waals surface area contributed by atoms with Gasteiger partial charge in [0.25, 0.3) is 0 Å². The van der Waals surface area contributed by atoms with Gasteiger partial charge in [0.05, 0.1) is 26.4 Å². The van der Waals surface area contributed by atoms with Crippen molar-refractivity contribution in [1.29, 1.82) is 0 Å². The topological polar surface area (TPSA) is 237 Å². The van der Waals surface area contributed by atoms with Crippen LogP contribution in [-0.2, 0) is 65.4 Å². The van der Waals surface area contributed by atoms with Crippen LogP contribution in [0.4, 0.5) is 0 Å². The molecule has 0 bridgehead atoms. The van der Waals surface area contributed by atoms with E-state index in [2.05, 4.69) is 48.5 Å². The van der Waals surface area contributed by atoms with Gasteiger partial charge >= 0.3 is 39.5 Å². The zero-order chi connectivity index (χ0) is 68.7. The Balaban J connectivity index is 5.28. The zero-order valence-corrected chi connectivity index (χ0v) is 62.5. The highest BCUT2D eigenvalue weighted by Gasteiger charge is 2.30. The molecular formula is C74H144O17P2. The third-order valence-corrected chi connectivity index (χ3v) is 20.1. The molecule has 0 aromatic rings. The van der Waals surface area contributed by atoms with E-state index in [9.17, 15) is 43.2 Å². The highest BCUT2D eigenvalue weighted by atomic mass is 31.2. The van der Waals surface area contributed by atoms with Crippen molar-refractivity contribution >= 4 is 39.5 Å². The second-order valence-electron chi connectivity index (χ2n) is 27.4. The minimum atomic E-state index is -4.96. The molecule has 0 aliphatic carbocycles. The molecule has 0 radical (unpaired) electrons. The van der Waals surface area contributed by atoms with Gasteiger partial charge in [-0.05, 0) is 43.4 Å². The number of aliphatic hydroxyl groups is 1. The molecule has 0 saturated heterocycles. The number of hydrogen-bond acceptors (Lipinski definition) is 15. The first-order valence-electron chi connectivity index (χ1n) is 38.5. The number of carbonyl (C=O) groups excluding carboxylic acids is 4. The molecule has 0 aliphatic heterocycles. The molecule has 0 heterocycles. The van der Waals surface area contributed by atoms with E-state index in [0.29, 0.717) is 25.7 Å². The highest BCUT2D eigenvalue weighted by molar-refractivity contribution is 7.47. The van der Waals surface area contributed by atoms with Crippen molar-refractivity contribution in [2.75, 3.05) is 39.6 Å². The van der Waals surface area contributed by atoms with Gasteiger partial charge in [0, 0.05) is 25.7 Å². The van der Waals surface area contributed by atoms with Gasteiger partial charge in [0.2, 0.25) is 0 Å². The van der Waals surface area contributed by atoms with Gasteiger partial charge in [-0.15, -0.1) is 0 Å². The van der Waals surface area contributed by atoms with Crippen molar-refractivity contribution in [2.24, 2.45) is 17.8 Å². The lowest BCUT2D eigenvalue weighted by Gasteiger charge is -2.21. The van der Waals surface area contributed by atoms with Gasteiger partial charge in [0.15, 0.2) is 12.2 Å². The molecule has 0 saturated carbocycles. The quantitative estimate of drug-likeness (QED) is 0.0222. The summed E-state index contributed by atoms with van der Waals surface area (Å²) in [4.78, 5) is 72.8. The molecule has 0 aromatic carbocycles. The van der Waals surface area contributed by atoms with Gasteiger partial charge in [-0.25, -0.2) is 9.13 Å². The molecule has 0 rings (SSSR count). The first-order valence-corrected chi connectivity index (χ1v) is 41.5. The molecule has 5 unspecified atom stereocenters. The fourth-order valence-corrected chi connectivity index (χ4v) is 12.7. The molecule has 8 atom stereocenters. The monoisotopic (exact) mass is 1370 g/mol. The maximum Gasteiger partial charge on any atom is 0.472 e. The number of phosphoric ester groups is 2. The average Bonchev–Trinajstić information content (AvgIpc) is 2.21. The molecule has 0 spiro atoms. The Kier molecular flexibility index (Phi) is 63.4. The minimum absolute atomic E-state index is 0.106. The summed E-state index contributed by atoms with van der Waals surface area (Å²) in [7, 11) is -9.91. The van der Waals surface area contributed by atoms with Crippen molar-refractivity contribution in [3.05, 3.63) is 0 Å². The summed E-state index contributed by atoms with van der Waals surface area (Å²) in [6.45, 7) is 12.0. The molecule has 0 aliphatic rings.